The number of aryl methyl sites for hydroxylation is 1. The van der Waals surface area contributed by atoms with E-state index in [4.69, 9.17) is 10.5 Å². The van der Waals surface area contributed by atoms with Gasteiger partial charge in [0.1, 0.15) is 23.5 Å². The van der Waals surface area contributed by atoms with Gasteiger partial charge < -0.3 is 21.1 Å². The van der Waals surface area contributed by atoms with Gasteiger partial charge in [0.2, 0.25) is 5.91 Å². The molecule has 0 saturated carbocycles. The van der Waals surface area contributed by atoms with Crippen molar-refractivity contribution in [1.29, 1.82) is 0 Å². The highest BCUT2D eigenvalue weighted by Gasteiger charge is 2.29. The fourth-order valence-corrected chi connectivity index (χ4v) is 4.80. The zero-order chi connectivity index (χ0) is 22.5. The summed E-state index contributed by atoms with van der Waals surface area (Å²) in [5.74, 6) is 0.663. The number of hydrogen-bond donors (Lipinski definition) is 3. The van der Waals surface area contributed by atoms with Crippen molar-refractivity contribution in [3.8, 4) is 5.75 Å². The highest BCUT2D eigenvalue weighted by molar-refractivity contribution is 7.16. The Bertz CT molecular complexity index is 1070. The number of aromatic nitrogens is 2. The van der Waals surface area contributed by atoms with Crippen LogP contribution < -0.4 is 21.1 Å². The van der Waals surface area contributed by atoms with Crippen molar-refractivity contribution in [2.75, 3.05) is 38.1 Å². The van der Waals surface area contributed by atoms with E-state index in [1.807, 2.05) is 30.5 Å². The van der Waals surface area contributed by atoms with Gasteiger partial charge in [-0.15, -0.1) is 11.3 Å². The Kier molecular flexibility index (Phi) is 7.31. The molecule has 3 heterocycles. The van der Waals surface area contributed by atoms with Crippen LogP contribution in [0.3, 0.4) is 0 Å². The molecule has 1 aromatic carbocycles. The van der Waals surface area contributed by atoms with Crippen molar-refractivity contribution in [3.05, 3.63) is 47.2 Å². The second-order valence-corrected chi connectivity index (χ2v) is 8.97. The molecule has 4 N–H and O–H groups in total. The van der Waals surface area contributed by atoms with Crippen LogP contribution in [0.15, 0.2) is 36.0 Å². The van der Waals surface area contributed by atoms with E-state index in [2.05, 4.69) is 38.5 Å². The number of nitrogens with one attached hydrogen (secondary N) is 2. The molecule has 3 aromatic rings. The molecule has 0 spiro atoms. The van der Waals surface area contributed by atoms with Crippen LogP contribution in [0.25, 0.3) is 10.2 Å². The number of thiophene rings is 1. The zero-order valence-corrected chi connectivity index (χ0v) is 19.3. The molecule has 0 radical (unpaired) electrons. The van der Waals surface area contributed by atoms with E-state index in [0.29, 0.717) is 38.0 Å². The van der Waals surface area contributed by atoms with E-state index in [9.17, 15) is 4.79 Å². The minimum Gasteiger partial charge on any atom is -0.492 e. The topological polar surface area (TPSA) is 105 Å². The number of carbonyl (C=O) groups excluding carboxylic acids is 1. The maximum atomic E-state index is 12.9. The molecular formula is C23H30N6O2S. The summed E-state index contributed by atoms with van der Waals surface area (Å²) >= 11 is 1.62. The molecule has 2 atom stereocenters. The fraction of sp³-hybridized carbons (Fsp3) is 0.435. The third kappa shape index (κ3) is 5.24. The molecule has 1 saturated heterocycles. The molecule has 9 heteroatoms. The predicted molar refractivity (Wildman–Crippen MR) is 128 cm³/mol. The lowest BCUT2D eigenvalue weighted by molar-refractivity contribution is -0.117. The number of fused-ring (bicyclic) bond motifs is 1. The predicted octanol–water partition coefficient (Wildman–Crippen LogP) is 2.70. The van der Waals surface area contributed by atoms with E-state index in [1.165, 1.54) is 0 Å². The summed E-state index contributed by atoms with van der Waals surface area (Å²) in [5, 5.41) is 9.88. The maximum Gasteiger partial charge on any atom is 0.238 e. The normalized spacial score (nSPS) is 19.2. The third-order valence-electron chi connectivity index (χ3n) is 5.71. The molecule has 2 aromatic heterocycles. The molecular weight excluding hydrogens is 424 g/mol. The largest absolute Gasteiger partial charge is 0.492 e. The van der Waals surface area contributed by atoms with Crippen molar-refractivity contribution in [1.82, 2.24) is 20.2 Å². The van der Waals surface area contributed by atoms with Crippen LogP contribution in [0, 0.1) is 6.92 Å². The molecule has 0 aliphatic carbocycles. The lowest BCUT2D eigenvalue weighted by Gasteiger charge is -2.38. The Hall–Kier alpha value is -2.59. The Balaban J connectivity index is 1.45. The number of ether oxygens (including phenoxy) is 1. The minimum atomic E-state index is -0.0389. The van der Waals surface area contributed by atoms with Crippen LogP contribution in [0.1, 0.15) is 30.6 Å². The quantitative estimate of drug-likeness (QED) is 0.481. The number of rotatable bonds is 8. The van der Waals surface area contributed by atoms with E-state index >= 15 is 0 Å². The number of nitrogens with zero attached hydrogens (tertiary/aromatic N) is 3. The van der Waals surface area contributed by atoms with E-state index in [0.717, 1.165) is 40.1 Å². The van der Waals surface area contributed by atoms with Gasteiger partial charge in [-0.25, -0.2) is 9.97 Å². The number of benzene rings is 1. The van der Waals surface area contributed by atoms with Gasteiger partial charge in [-0.1, -0.05) is 13.0 Å². The van der Waals surface area contributed by atoms with Gasteiger partial charge in [0, 0.05) is 42.8 Å². The van der Waals surface area contributed by atoms with Gasteiger partial charge in [-0.05, 0) is 36.4 Å². The van der Waals surface area contributed by atoms with Crippen molar-refractivity contribution in [3.63, 3.8) is 0 Å². The second kappa shape index (κ2) is 10.4. The highest BCUT2D eigenvalue weighted by Crippen LogP contribution is 2.28. The lowest BCUT2D eigenvalue weighted by Crippen LogP contribution is -2.53. The average molecular weight is 455 g/mol. The standard InChI is InChI=1S/C23H30N6O2S/c1-3-16-11-29(12-20(27-16)22-18-6-9-32-23(18)26-14-25-22)13-21(30)28-19-10-17(31-8-7-24)5-4-15(19)2/h4-6,9-10,14,16,20,27H,3,7-8,11-13,24H2,1-2H3,(H,28,30). The molecule has 1 amide bonds. The molecule has 8 nitrogen and oxygen atoms in total. The Labute approximate surface area is 192 Å². The summed E-state index contributed by atoms with van der Waals surface area (Å²) in [6, 6.07) is 8.10. The zero-order valence-electron chi connectivity index (χ0n) is 18.5. The molecule has 1 fully saturated rings. The molecule has 170 valence electrons. The van der Waals surface area contributed by atoms with Crippen LogP contribution in [0.2, 0.25) is 0 Å². The molecule has 32 heavy (non-hydrogen) atoms. The lowest BCUT2D eigenvalue weighted by atomic mass is 10.0. The number of carbonyl (C=O) groups is 1. The van der Waals surface area contributed by atoms with E-state index < -0.39 is 0 Å². The van der Waals surface area contributed by atoms with Crippen LogP contribution in [-0.2, 0) is 4.79 Å². The van der Waals surface area contributed by atoms with Crippen molar-refractivity contribution in [2.45, 2.75) is 32.4 Å². The first-order valence-electron chi connectivity index (χ1n) is 11.0. The molecule has 2 unspecified atom stereocenters. The fourth-order valence-electron chi connectivity index (χ4n) is 4.06. The molecule has 1 aliphatic rings. The minimum absolute atomic E-state index is 0.0389. The smallest absolute Gasteiger partial charge is 0.238 e. The SMILES string of the molecule is CCC1CN(CC(=O)Nc2cc(OCCN)ccc2C)CC(c2ncnc3sccc23)N1. The maximum absolute atomic E-state index is 12.9. The summed E-state index contributed by atoms with van der Waals surface area (Å²) in [7, 11) is 0. The van der Waals surface area contributed by atoms with Gasteiger partial charge in [0.25, 0.3) is 0 Å². The van der Waals surface area contributed by atoms with E-state index in [-0.39, 0.29) is 11.9 Å². The number of amides is 1. The summed E-state index contributed by atoms with van der Waals surface area (Å²) in [6.45, 7) is 6.87. The second-order valence-electron chi connectivity index (χ2n) is 8.08. The number of anilines is 1. The van der Waals surface area contributed by atoms with Crippen LogP contribution in [0.4, 0.5) is 5.69 Å². The van der Waals surface area contributed by atoms with Crippen LogP contribution in [-0.4, -0.2) is 59.6 Å². The van der Waals surface area contributed by atoms with E-state index in [1.54, 1.807) is 17.7 Å². The Morgan fingerprint density at radius 3 is 3.03 bits per heavy atom. The first-order chi connectivity index (χ1) is 15.6. The average Bonchev–Trinajstić information content (AvgIpc) is 3.28. The summed E-state index contributed by atoms with van der Waals surface area (Å²) in [4.78, 5) is 25.1. The third-order valence-corrected chi connectivity index (χ3v) is 6.53. The van der Waals surface area contributed by atoms with Crippen LogP contribution in [0.5, 0.6) is 5.75 Å². The highest BCUT2D eigenvalue weighted by atomic mass is 32.1. The summed E-state index contributed by atoms with van der Waals surface area (Å²) in [6.07, 6.45) is 2.61. The van der Waals surface area contributed by atoms with Crippen molar-refractivity contribution >= 4 is 33.1 Å². The first-order valence-corrected chi connectivity index (χ1v) is 11.8. The van der Waals surface area contributed by atoms with Crippen LogP contribution >= 0.6 is 11.3 Å². The molecule has 1 aliphatic heterocycles. The Morgan fingerprint density at radius 2 is 2.22 bits per heavy atom. The van der Waals surface area contributed by atoms with Crippen molar-refractivity contribution < 1.29 is 9.53 Å². The number of piperazine rings is 1. The van der Waals surface area contributed by atoms with Gasteiger partial charge in [0.15, 0.2) is 0 Å². The summed E-state index contributed by atoms with van der Waals surface area (Å²) in [5.41, 5.74) is 8.27. The number of hydrogen-bond acceptors (Lipinski definition) is 8. The van der Waals surface area contributed by atoms with Gasteiger partial charge in [-0.3, -0.25) is 9.69 Å². The van der Waals surface area contributed by atoms with Gasteiger partial charge >= 0.3 is 0 Å². The van der Waals surface area contributed by atoms with Gasteiger partial charge in [-0.2, -0.15) is 0 Å². The molecule has 0 bridgehead atoms. The first kappa shape index (κ1) is 22.6. The molecule has 4 rings (SSSR count). The number of nitrogens with two attached hydrogens (primary N) is 1. The Morgan fingerprint density at radius 1 is 1.34 bits per heavy atom. The monoisotopic (exact) mass is 454 g/mol. The van der Waals surface area contributed by atoms with Crippen molar-refractivity contribution in [2.24, 2.45) is 5.73 Å². The van der Waals surface area contributed by atoms with Gasteiger partial charge in [0.05, 0.1) is 18.3 Å². The summed E-state index contributed by atoms with van der Waals surface area (Å²) < 4.78 is 5.60.